The molecule has 0 bridgehead atoms. The molecular weight excluding hydrogens is 377 g/mol. The molecule has 1 fully saturated rings. The lowest BCUT2D eigenvalue weighted by molar-refractivity contribution is -0.0945. The van der Waals surface area contributed by atoms with Gasteiger partial charge in [0.1, 0.15) is 0 Å². The zero-order valence-corrected chi connectivity index (χ0v) is 16.2. The van der Waals surface area contributed by atoms with Crippen LogP contribution in [0.25, 0.3) is 0 Å². The van der Waals surface area contributed by atoms with Crippen LogP contribution in [0.1, 0.15) is 39.5 Å². The predicted octanol–water partition coefficient (Wildman–Crippen LogP) is 3.28. The number of ether oxygens (including phenoxy) is 1. The summed E-state index contributed by atoms with van der Waals surface area (Å²) in [6, 6.07) is 0. The second-order valence-electron chi connectivity index (χ2n) is 6.03. The first-order valence-electron chi connectivity index (χ1n) is 7.79. The Labute approximate surface area is 147 Å². The molecule has 0 spiro atoms. The zero-order valence-electron chi connectivity index (χ0n) is 13.9. The molecule has 1 N–H and O–H groups in total. The first kappa shape index (κ1) is 20.7. The van der Waals surface area contributed by atoms with Gasteiger partial charge in [0.15, 0.2) is 5.96 Å². The fourth-order valence-electron chi connectivity index (χ4n) is 2.20. The van der Waals surface area contributed by atoms with Gasteiger partial charge in [-0.3, -0.25) is 4.99 Å². The van der Waals surface area contributed by atoms with Crippen LogP contribution >= 0.6 is 24.0 Å². The Morgan fingerprint density at radius 1 is 1.38 bits per heavy atom. The minimum Gasteiger partial charge on any atom is -0.380 e. The topological polar surface area (TPSA) is 36.9 Å². The monoisotopic (exact) mass is 409 g/mol. The van der Waals surface area contributed by atoms with Crippen LogP contribution in [-0.2, 0) is 4.74 Å². The maximum Gasteiger partial charge on any atom is 0.193 e. The molecule has 0 amide bonds. The smallest absolute Gasteiger partial charge is 0.193 e. The largest absolute Gasteiger partial charge is 0.380 e. The molecule has 0 aromatic carbocycles. The summed E-state index contributed by atoms with van der Waals surface area (Å²) in [7, 11) is 2.12. The van der Waals surface area contributed by atoms with E-state index < -0.39 is 0 Å². The van der Waals surface area contributed by atoms with E-state index in [1.54, 1.807) is 0 Å². The second-order valence-corrected chi connectivity index (χ2v) is 6.03. The predicted molar refractivity (Wildman–Crippen MR) is 102 cm³/mol. The molecule has 0 atom stereocenters. The van der Waals surface area contributed by atoms with Crippen LogP contribution in [0.4, 0.5) is 0 Å². The quantitative estimate of drug-likeness (QED) is 0.209. The number of nitrogens with one attached hydrogen (secondary N) is 1. The highest BCUT2D eigenvalue weighted by Crippen LogP contribution is 2.26. The average molecular weight is 409 g/mol. The third-order valence-corrected chi connectivity index (χ3v) is 3.61. The molecule has 0 aliphatic carbocycles. The van der Waals surface area contributed by atoms with E-state index in [4.69, 9.17) is 9.73 Å². The van der Waals surface area contributed by atoms with E-state index in [1.165, 1.54) is 19.3 Å². The molecule has 0 aromatic heterocycles. The van der Waals surface area contributed by atoms with Gasteiger partial charge in [-0.25, -0.2) is 0 Å². The molecule has 1 heterocycles. The number of hydrogen-bond acceptors (Lipinski definition) is 2. The van der Waals surface area contributed by atoms with Gasteiger partial charge in [0.05, 0.1) is 19.8 Å². The summed E-state index contributed by atoms with van der Waals surface area (Å²) in [5, 5.41) is 3.37. The lowest BCUT2D eigenvalue weighted by atomic mass is 9.89. The Kier molecular flexibility index (Phi) is 11.1. The van der Waals surface area contributed by atoms with Crippen molar-refractivity contribution in [2.24, 2.45) is 10.4 Å². The van der Waals surface area contributed by atoms with Crippen molar-refractivity contribution in [1.29, 1.82) is 0 Å². The number of halogens is 1. The first-order chi connectivity index (χ1) is 9.61. The highest BCUT2D eigenvalue weighted by atomic mass is 127. The maximum absolute atomic E-state index is 5.28. The molecule has 0 saturated carbocycles. The van der Waals surface area contributed by atoms with Gasteiger partial charge in [-0.05, 0) is 26.2 Å². The summed E-state index contributed by atoms with van der Waals surface area (Å²) >= 11 is 0. The molecule has 0 radical (unpaired) electrons. The van der Waals surface area contributed by atoms with Gasteiger partial charge in [-0.2, -0.15) is 0 Å². The van der Waals surface area contributed by atoms with Crippen molar-refractivity contribution in [2.75, 3.05) is 39.9 Å². The fourth-order valence-corrected chi connectivity index (χ4v) is 2.20. The number of hydrogen-bond donors (Lipinski definition) is 1. The van der Waals surface area contributed by atoms with Crippen molar-refractivity contribution in [3.05, 3.63) is 12.7 Å². The van der Waals surface area contributed by atoms with Crippen LogP contribution in [0.2, 0.25) is 0 Å². The highest BCUT2D eigenvalue weighted by Gasteiger charge is 2.33. The van der Waals surface area contributed by atoms with Gasteiger partial charge in [0, 0.05) is 25.6 Å². The molecular formula is C16H32IN3O. The van der Waals surface area contributed by atoms with E-state index >= 15 is 0 Å². The van der Waals surface area contributed by atoms with Crippen LogP contribution in [0.5, 0.6) is 0 Å². The molecule has 0 unspecified atom stereocenters. The van der Waals surface area contributed by atoms with E-state index in [-0.39, 0.29) is 29.4 Å². The molecule has 21 heavy (non-hydrogen) atoms. The maximum atomic E-state index is 5.28. The first-order valence-corrected chi connectivity index (χ1v) is 7.79. The van der Waals surface area contributed by atoms with Crippen LogP contribution < -0.4 is 5.32 Å². The Balaban J connectivity index is 0.00000400. The number of rotatable bonds is 9. The molecule has 1 saturated heterocycles. The summed E-state index contributed by atoms with van der Waals surface area (Å²) in [6.45, 7) is 12.6. The summed E-state index contributed by atoms with van der Waals surface area (Å²) < 4.78 is 5.28. The van der Waals surface area contributed by atoms with Crippen molar-refractivity contribution in [2.45, 2.75) is 39.5 Å². The average Bonchev–Trinajstić information content (AvgIpc) is 2.41. The van der Waals surface area contributed by atoms with E-state index in [0.717, 1.165) is 45.2 Å². The lowest BCUT2D eigenvalue weighted by Gasteiger charge is -2.37. The molecule has 1 rings (SSSR count). The molecule has 1 aliphatic heterocycles. The summed E-state index contributed by atoms with van der Waals surface area (Å²) in [6.07, 6.45) is 6.81. The molecule has 0 aromatic rings. The van der Waals surface area contributed by atoms with Gasteiger partial charge in [-0.15, -0.1) is 30.6 Å². The van der Waals surface area contributed by atoms with E-state index in [9.17, 15) is 0 Å². The molecule has 1 aliphatic rings. The third-order valence-electron chi connectivity index (χ3n) is 3.61. The SMILES string of the molecule is C=CCCCCCN(C)C(=NCC1(C)COC1)NCC.I. The van der Waals surface area contributed by atoms with Crippen LogP contribution in [0, 0.1) is 5.41 Å². The second kappa shape index (κ2) is 11.3. The van der Waals surface area contributed by atoms with Crippen LogP contribution in [-0.4, -0.2) is 50.8 Å². The number of unbranched alkanes of at least 4 members (excludes halogenated alkanes) is 3. The zero-order chi connectivity index (χ0) is 14.8. The number of nitrogens with zero attached hydrogens (tertiary/aromatic N) is 2. The third kappa shape index (κ3) is 8.04. The summed E-state index contributed by atoms with van der Waals surface area (Å²) in [5.74, 6) is 1.02. The Bertz CT molecular complexity index is 317. The van der Waals surface area contributed by atoms with E-state index in [2.05, 4.69) is 37.7 Å². The standard InChI is InChI=1S/C16H31N3O.HI/c1-5-7-8-9-10-11-19(4)15(17-6-2)18-12-16(3)13-20-14-16;/h5H,1,6-14H2,2-4H3,(H,17,18);1H. The molecule has 5 heteroatoms. The van der Waals surface area contributed by atoms with Crippen molar-refractivity contribution in [1.82, 2.24) is 10.2 Å². The Hall–Kier alpha value is -0.300. The van der Waals surface area contributed by atoms with Crippen molar-refractivity contribution in [3.63, 3.8) is 0 Å². The molecule has 124 valence electrons. The van der Waals surface area contributed by atoms with Gasteiger partial charge in [-0.1, -0.05) is 19.4 Å². The van der Waals surface area contributed by atoms with Crippen molar-refractivity contribution >= 4 is 29.9 Å². The Morgan fingerprint density at radius 2 is 2.10 bits per heavy atom. The van der Waals surface area contributed by atoms with Gasteiger partial charge in [0.25, 0.3) is 0 Å². The van der Waals surface area contributed by atoms with E-state index in [0.29, 0.717) is 0 Å². The number of guanidine groups is 1. The minimum atomic E-state index is 0. The van der Waals surface area contributed by atoms with Crippen LogP contribution in [0.3, 0.4) is 0 Å². The lowest BCUT2D eigenvalue weighted by Crippen LogP contribution is -2.45. The van der Waals surface area contributed by atoms with Crippen molar-refractivity contribution < 1.29 is 4.74 Å². The number of aliphatic imine (C=N–C) groups is 1. The van der Waals surface area contributed by atoms with Gasteiger partial charge in [0.2, 0.25) is 0 Å². The minimum absolute atomic E-state index is 0. The summed E-state index contributed by atoms with van der Waals surface area (Å²) in [4.78, 5) is 6.99. The Morgan fingerprint density at radius 3 is 2.62 bits per heavy atom. The van der Waals surface area contributed by atoms with Crippen molar-refractivity contribution in [3.8, 4) is 0 Å². The van der Waals surface area contributed by atoms with E-state index in [1.807, 2.05) is 6.08 Å². The highest BCUT2D eigenvalue weighted by molar-refractivity contribution is 14.0. The van der Waals surface area contributed by atoms with Gasteiger partial charge < -0.3 is 15.0 Å². The normalized spacial score (nSPS) is 16.6. The fraction of sp³-hybridized carbons (Fsp3) is 0.812. The van der Waals surface area contributed by atoms with Gasteiger partial charge >= 0.3 is 0 Å². The van der Waals surface area contributed by atoms with Crippen LogP contribution in [0.15, 0.2) is 17.6 Å². The number of allylic oxidation sites excluding steroid dienone is 1. The summed E-state index contributed by atoms with van der Waals surface area (Å²) in [5.41, 5.74) is 0.242. The molecule has 4 nitrogen and oxygen atoms in total.